The number of nitrogens with one attached hydrogen (secondary N) is 1. The Morgan fingerprint density at radius 1 is 1.30 bits per heavy atom. The van der Waals surface area contributed by atoms with E-state index in [4.69, 9.17) is 9.84 Å². The average Bonchev–Trinajstić information content (AvgIpc) is 2.43. The van der Waals surface area contributed by atoms with Gasteiger partial charge in [0.15, 0.2) is 6.04 Å². The molecule has 0 aliphatic rings. The lowest BCUT2D eigenvalue weighted by Gasteiger charge is -2.19. The third-order valence-electron chi connectivity index (χ3n) is 2.72. The van der Waals surface area contributed by atoms with Crippen LogP contribution in [0.3, 0.4) is 0 Å². The largest absolute Gasteiger partial charge is 0.480 e. The number of aliphatic carboxylic acids is 1. The van der Waals surface area contributed by atoms with Crippen molar-refractivity contribution in [2.24, 2.45) is 0 Å². The minimum Gasteiger partial charge on any atom is -0.480 e. The number of benzene rings is 1. The van der Waals surface area contributed by atoms with Gasteiger partial charge < -0.3 is 20.3 Å². The van der Waals surface area contributed by atoms with Gasteiger partial charge in [0.1, 0.15) is 6.61 Å². The average molecular weight is 281 g/mol. The van der Waals surface area contributed by atoms with Gasteiger partial charge in [-0.1, -0.05) is 43.7 Å². The van der Waals surface area contributed by atoms with Crippen molar-refractivity contribution in [3.05, 3.63) is 35.9 Å². The van der Waals surface area contributed by atoms with Crippen molar-refractivity contribution in [1.29, 1.82) is 0 Å². The van der Waals surface area contributed by atoms with Crippen molar-refractivity contribution in [3.8, 4) is 0 Å². The number of ether oxygens (including phenoxy) is 1. The number of aliphatic hydroxyl groups excluding tert-OH is 1. The van der Waals surface area contributed by atoms with Gasteiger partial charge in [-0.25, -0.2) is 9.59 Å². The minimum absolute atomic E-state index is 0.0445. The topological polar surface area (TPSA) is 95.9 Å². The van der Waals surface area contributed by atoms with Gasteiger partial charge >= 0.3 is 12.1 Å². The standard InChI is InChI=1S/C14H19NO5/c1-2-6-11(16)12(13(17)18)15-14(19)20-9-10-7-4-3-5-8-10/h3-5,7-8,11-12,16H,2,6,9H2,1H3,(H,15,19)(H,17,18)/t11-,12+/m1/s1. The number of rotatable bonds is 7. The van der Waals surface area contributed by atoms with E-state index in [0.29, 0.717) is 6.42 Å². The summed E-state index contributed by atoms with van der Waals surface area (Å²) in [7, 11) is 0. The molecule has 3 N–H and O–H groups in total. The van der Waals surface area contributed by atoms with Gasteiger partial charge in [-0.05, 0) is 12.0 Å². The van der Waals surface area contributed by atoms with E-state index in [2.05, 4.69) is 5.32 Å². The summed E-state index contributed by atoms with van der Waals surface area (Å²) in [4.78, 5) is 22.5. The molecule has 1 rings (SSSR count). The number of carbonyl (C=O) groups excluding carboxylic acids is 1. The van der Waals surface area contributed by atoms with Crippen LogP contribution in [0.15, 0.2) is 30.3 Å². The molecular weight excluding hydrogens is 262 g/mol. The Morgan fingerprint density at radius 3 is 2.50 bits per heavy atom. The van der Waals surface area contributed by atoms with Crippen molar-refractivity contribution in [2.45, 2.75) is 38.5 Å². The number of hydrogen-bond acceptors (Lipinski definition) is 4. The van der Waals surface area contributed by atoms with E-state index in [1.54, 1.807) is 12.1 Å². The van der Waals surface area contributed by atoms with E-state index >= 15 is 0 Å². The van der Waals surface area contributed by atoms with E-state index in [-0.39, 0.29) is 13.0 Å². The Hall–Kier alpha value is -2.08. The van der Waals surface area contributed by atoms with Crippen molar-refractivity contribution < 1.29 is 24.5 Å². The van der Waals surface area contributed by atoms with E-state index < -0.39 is 24.2 Å². The number of carboxylic acids is 1. The van der Waals surface area contributed by atoms with Gasteiger partial charge in [0.25, 0.3) is 0 Å². The van der Waals surface area contributed by atoms with Crippen LogP contribution in [0, 0.1) is 0 Å². The molecule has 2 atom stereocenters. The molecule has 0 aromatic heterocycles. The smallest absolute Gasteiger partial charge is 0.408 e. The fraction of sp³-hybridized carbons (Fsp3) is 0.429. The number of aliphatic hydroxyl groups is 1. The number of amides is 1. The molecule has 0 radical (unpaired) electrons. The van der Waals surface area contributed by atoms with E-state index in [9.17, 15) is 14.7 Å². The first kappa shape index (κ1) is 16.0. The minimum atomic E-state index is -1.36. The molecule has 6 heteroatoms. The first-order valence-electron chi connectivity index (χ1n) is 6.42. The summed E-state index contributed by atoms with van der Waals surface area (Å²) in [5.41, 5.74) is 0.795. The van der Waals surface area contributed by atoms with Crippen LogP contribution >= 0.6 is 0 Å². The number of carbonyl (C=O) groups is 2. The third kappa shape index (κ3) is 5.27. The molecule has 0 bridgehead atoms. The fourth-order valence-corrected chi connectivity index (χ4v) is 1.68. The van der Waals surface area contributed by atoms with Crippen molar-refractivity contribution in [1.82, 2.24) is 5.32 Å². The van der Waals surface area contributed by atoms with Gasteiger partial charge in [-0.3, -0.25) is 0 Å². The first-order valence-corrected chi connectivity index (χ1v) is 6.42. The highest BCUT2D eigenvalue weighted by Gasteiger charge is 2.28. The maximum absolute atomic E-state index is 11.5. The molecule has 0 spiro atoms. The first-order chi connectivity index (χ1) is 9.54. The van der Waals surface area contributed by atoms with Crippen LogP contribution in [0.25, 0.3) is 0 Å². The predicted molar refractivity (Wildman–Crippen MR) is 72.1 cm³/mol. The number of hydrogen-bond donors (Lipinski definition) is 3. The molecule has 0 saturated heterocycles. The molecule has 0 fully saturated rings. The Kier molecular flexibility index (Phi) is 6.52. The Balaban J connectivity index is 2.48. The van der Waals surface area contributed by atoms with Crippen LogP contribution in [0.5, 0.6) is 0 Å². The quantitative estimate of drug-likeness (QED) is 0.704. The summed E-state index contributed by atoms with van der Waals surface area (Å²) in [6, 6.07) is 7.66. The Bertz CT molecular complexity index is 434. The summed E-state index contributed by atoms with van der Waals surface area (Å²) < 4.78 is 4.91. The second kappa shape index (κ2) is 8.16. The molecule has 1 amide bonds. The molecule has 0 unspecified atom stereocenters. The van der Waals surface area contributed by atoms with E-state index in [1.807, 2.05) is 25.1 Å². The molecule has 20 heavy (non-hydrogen) atoms. The van der Waals surface area contributed by atoms with Crippen molar-refractivity contribution in [3.63, 3.8) is 0 Å². The summed E-state index contributed by atoms with van der Waals surface area (Å²) in [5, 5.41) is 20.8. The second-order valence-corrected chi connectivity index (χ2v) is 4.38. The van der Waals surface area contributed by atoms with Crippen LogP contribution in [-0.4, -0.2) is 34.4 Å². The van der Waals surface area contributed by atoms with Crippen molar-refractivity contribution in [2.75, 3.05) is 0 Å². The van der Waals surface area contributed by atoms with Crippen LogP contribution in [0.4, 0.5) is 4.79 Å². The fourth-order valence-electron chi connectivity index (χ4n) is 1.68. The van der Waals surface area contributed by atoms with Gasteiger partial charge in [0, 0.05) is 0 Å². The molecule has 1 aromatic carbocycles. The molecule has 0 aliphatic carbocycles. The highest BCUT2D eigenvalue weighted by molar-refractivity contribution is 5.80. The molecule has 0 heterocycles. The zero-order valence-electron chi connectivity index (χ0n) is 11.3. The van der Waals surface area contributed by atoms with Crippen LogP contribution in [0.1, 0.15) is 25.3 Å². The molecule has 1 aromatic rings. The van der Waals surface area contributed by atoms with Crippen LogP contribution < -0.4 is 5.32 Å². The van der Waals surface area contributed by atoms with Crippen molar-refractivity contribution >= 4 is 12.1 Å². The maximum atomic E-state index is 11.5. The third-order valence-corrected chi connectivity index (χ3v) is 2.72. The number of carboxylic acid groups (broad SMARTS) is 1. The molecular formula is C14H19NO5. The lowest BCUT2D eigenvalue weighted by Crippen LogP contribution is -2.48. The molecule has 6 nitrogen and oxygen atoms in total. The molecule has 110 valence electrons. The summed E-state index contributed by atoms with van der Waals surface area (Å²) >= 11 is 0. The Morgan fingerprint density at radius 2 is 1.95 bits per heavy atom. The van der Waals surface area contributed by atoms with Gasteiger partial charge in [0.05, 0.1) is 6.10 Å². The Labute approximate surface area is 117 Å². The number of alkyl carbamates (subject to hydrolysis) is 1. The van der Waals surface area contributed by atoms with Gasteiger partial charge in [-0.2, -0.15) is 0 Å². The monoisotopic (exact) mass is 281 g/mol. The SMILES string of the molecule is CCC[C@@H](O)[C@H](NC(=O)OCc1ccccc1)C(=O)O. The van der Waals surface area contributed by atoms with Crippen LogP contribution in [-0.2, 0) is 16.1 Å². The summed E-state index contributed by atoms with van der Waals surface area (Å²) in [5.74, 6) is -1.29. The molecule has 0 aliphatic heterocycles. The lowest BCUT2D eigenvalue weighted by molar-refractivity contribution is -0.142. The highest BCUT2D eigenvalue weighted by atomic mass is 16.5. The van der Waals surface area contributed by atoms with E-state index in [0.717, 1.165) is 5.56 Å². The zero-order chi connectivity index (χ0) is 15.0. The normalized spacial score (nSPS) is 13.3. The zero-order valence-corrected chi connectivity index (χ0v) is 11.3. The predicted octanol–water partition coefficient (Wildman–Crippen LogP) is 1.53. The van der Waals surface area contributed by atoms with E-state index in [1.165, 1.54) is 0 Å². The molecule has 0 saturated carbocycles. The van der Waals surface area contributed by atoms with Gasteiger partial charge in [-0.15, -0.1) is 0 Å². The maximum Gasteiger partial charge on any atom is 0.408 e. The summed E-state index contributed by atoms with van der Waals surface area (Å²) in [6.45, 7) is 1.86. The van der Waals surface area contributed by atoms with Crippen LogP contribution in [0.2, 0.25) is 0 Å². The lowest BCUT2D eigenvalue weighted by atomic mass is 10.1. The van der Waals surface area contributed by atoms with Gasteiger partial charge in [0.2, 0.25) is 0 Å². The second-order valence-electron chi connectivity index (χ2n) is 4.38. The summed E-state index contributed by atoms with van der Waals surface area (Å²) in [6.07, 6.45) is -1.10. The highest BCUT2D eigenvalue weighted by Crippen LogP contribution is 2.05.